The molecule has 0 bridgehead atoms. The van der Waals surface area contributed by atoms with Crippen LogP contribution in [0.15, 0.2) is 6.07 Å². The van der Waals surface area contributed by atoms with Crippen LogP contribution in [0.4, 0.5) is 17.6 Å². The van der Waals surface area contributed by atoms with Crippen LogP contribution < -0.4 is 21.0 Å². The van der Waals surface area contributed by atoms with Gasteiger partial charge in [-0.15, -0.1) is 0 Å². The first-order chi connectivity index (χ1) is 19.9. The number of nitrogen functional groups attached to an aromatic ring is 1. The van der Waals surface area contributed by atoms with Crippen LogP contribution in [0.5, 0.6) is 0 Å². The first-order valence-corrected chi connectivity index (χ1v) is 18.7. The molecule has 41 heavy (non-hydrogen) atoms. The summed E-state index contributed by atoms with van der Waals surface area (Å²) >= 11 is 0. The number of rotatable bonds is 16. The fourth-order valence-corrected chi connectivity index (χ4v) is 8.36. The van der Waals surface area contributed by atoms with Gasteiger partial charge in [0.1, 0.15) is 11.6 Å². The van der Waals surface area contributed by atoms with E-state index >= 15 is 0 Å². The fraction of sp³-hybridized carbons (Fsp3) is 0.871. The Morgan fingerprint density at radius 1 is 0.902 bits per heavy atom. The topological polar surface area (TPSA) is 120 Å². The molecule has 3 aliphatic rings. The van der Waals surface area contributed by atoms with Crippen molar-refractivity contribution in [2.24, 2.45) is 17.8 Å². The summed E-state index contributed by atoms with van der Waals surface area (Å²) in [6, 6.07) is 1.86. The molecule has 3 fully saturated rings. The molecule has 2 aliphatic carbocycles. The lowest BCUT2D eigenvalue weighted by molar-refractivity contribution is 0.265. The Labute approximate surface area is 249 Å². The van der Waals surface area contributed by atoms with Crippen LogP contribution in [-0.4, -0.2) is 71.7 Å². The minimum Gasteiger partial charge on any atom is -0.383 e. The zero-order valence-electron chi connectivity index (χ0n) is 25.7. The Kier molecular flexibility index (Phi) is 13.5. The van der Waals surface area contributed by atoms with E-state index in [0.717, 1.165) is 50.4 Å². The van der Waals surface area contributed by atoms with E-state index in [-0.39, 0.29) is 6.16 Å². The number of piperazine rings is 1. The van der Waals surface area contributed by atoms with Crippen molar-refractivity contribution < 1.29 is 9.46 Å². The summed E-state index contributed by atoms with van der Waals surface area (Å²) < 4.78 is 12.1. The molecular formula is C31H58N7O2P. The molecule has 0 aromatic carbocycles. The highest BCUT2D eigenvalue weighted by atomic mass is 31.2. The van der Waals surface area contributed by atoms with Crippen molar-refractivity contribution in [1.82, 2.24) is 20.0 Å². The first-order valence-electron chi connectivity index (χ1n) is 16.8. The second-order valence-corrected chi connectivity index (χ2v) is 15.2. The molecule has 4 rings (SSSR count). The van der Waals surface area contributed by atoms with Crippen molar-refractivity contribution in [3.05, 3.63) is 6.07 Å². The molecule has 0 radical (unpaired) electrons. The molecule has 2 heterocycles. The molecule has 2 saturated carbocycles. The maximum absolute atomic E-state index is 12.1. The molecule has 10 heteroatoms. The molecule has 1 aromatic rings. The lowest BCUT2D eigenvalue weighted by Gasteiger charge is -2.35. The number of anilines is 3. The number of nitrogens with one attached hydrogen (secondary N) is 2. The zero-order chi connectivity index (χ0) is 28.9. The Hall–Kier alpha value is -1.41. The summed E-state index contributed by atoms with van der Waals surface area (Å²) in [5, 5.41) is 6.20. The normalized spacial score (nSPS) is 24.3. The first kappa shape index (κ1) is 32.5. The van der Waals surface area contributed by atoms with Gasteiger partial charge >= 0.3 is 0 Å². The number of aromatic nitrogens is 2. The lowest BCUT2D eigenvalue weighted by Crippen LogP contribution is -2.47. The number of nitrogens with two attached hydrogens (primary N) is 1. The average Bonchev–Trinajstić information content (AvgIpc) is 2.98. The summed E-state index contributed by atoms with van der Waals surface area (Å²) in [6.07, 6.45) is 21.7. The molecule has 1 saturated heterocycles. The molecule has 1 aromatic heterocycles. The minimum atomic E-state index is -3.23. The Morgan fingerprint density at radius 2 is 1.54 bits per heavy atom. The van der Waals surface area contributed by atoms with Crippen molar-refractivity contribution in [3.8, 4) is 0 Å². The van der Waals surface area contributed by atoms with Gasteiger partial charge in [-0.25, -0.2) is 5.09 Å². The number of nitrogens with zero attached hydrogens (tertiary/aromatic N) is 4. The molecule has 5 N–H and O–H groups in total. The van der Waals surface area contributed by atoms with Crippen molar-refractivity contribution in [3.63, 3.8) is 0 Å². The average molecular weight is 592 g/mol. The van der Waals surface area contributed by atoms with Gasteiger partial charge in [0.2, 0.25) is 5.95 Å². The van der Waals surface area contributed by atoms with E-state index in [1.54, 1.807) is 0 Å². The van der Waals surface area contributed by atoms with E-state index in [9.17, 15) is 9.46 Å². The lowest BCUT2D eigenvalue weighted by atomic mass is 9.79. The van der Waals surface area contributed by atoms with Crippen molar-refractivity contribution >= 4 is 25.1 Å². The monoisotopic (exact) mass is 591 g/mol. The van der Waals surface area contributed by atoms with Crippen LogP contribution >= 0.6 is 7.52 Å². The highest BCUT2D eigenvalue weighted by Gasteiger charge is 2.24. The Morgan fingerprint density at radius 3 is 2.20 bits per heavy atom. The third-order valence-electron chi connectivity index (χ3n) is 9.77. The molecular weight excluding hydrogens is 533 g/mol. The SMILES string of the molecule is CCNP(=O)(O)CCN1CCN(c2cc(N)nc(NCC3CCC(CCCCCCC4CCCCC4)CC3)n2)CC1. The summed E-state index contributed by atoms with van der Waals surface area (Å²) in [5.74, 6) is 4.64. The molecule has 1 unspecified atom stereocenters. The van der Waals surface area contributed by atoms with Crippen LogP contribution in [0.3, 0.4) is 0 Å². The van der Waals surface area contributed by atoms with Crippen molar-refractivity contribution in [2.75, 3.05) is 67.9 Å². The summed E-state index contributed by atoms with van der Waals surface area (Å²) in [5.41, 5.74) is 6.17. The van der Waals surface area contributed by atoms with Crippen molar-refractivity contribution in [2.45, 2.75) is 103 Å². The molecule has 234 valence electrons. The minimum absolute atomic E-state index is 0.275. The van der Waals surface area contributed by atoms with Crippen LogP contribution in [0.1, 0.15) is 103 Å². The largest absolute Gasteiger partial charge is 0.383 e. The van der Waals surface area contributed by atoms with Gasteiger partial charge in [-0.05, 0) is 30.6 Å². The maximum atomic E-state index is 12.1. The van der Waals surface area contributed by atoms with Gasteiger partial charge in [0.05, 0.1) is 6.16 Å². The second kappa shape index (κ2) is 17.0. The van der Waals surface area contributed by atoms with E-state index in [0.29, 0.717) is 30.8 Å². The third-order valence-corrected chi connectivity index (χ3v) is 11.4. The van der Waals surface area contributed by atoms with Crippen LogP contribution in [0.2, 0.25) is 0 Å². The van der Waals surface area contributed by atoms with Gasteiger partial charge in [0.25, 0.3) is 7.52 Å². The molecule has 1 atom stereocenters. The van der Waals surface area contributed by atoms with Crippen molar-refractivity contribution in [1.29, 1.82) is 0 Å². The van der Waals surface area contributed by atoms with Gasteiger partial charge in [0, 0.05) is 51.9 Å². The second-order valence-electron chi connectivity index (χ2n) is 13.0. The van der Waals surface area contributed by atoms with Gasteiger partial charge in [-0.2, -0.15) is 9.97 Å². The predicted octanol–water partition coefficient (Wildman–Crippen LogP) is 6.11. The van der Waals surface area contributed by atoms with E-state index in [1.165, 1.54) is 96.3 Å². The number of hydrogen-bond donors (Lipinski definition) is 4. The predicted molar refractivity (Wildman–Crippen MR) is 172 cm³/mol. The molecule has 1 aliphatic heterocycles. The van der Waals surface area contributed by atoms with Gasteiger partial charge < -0.3 is 20.8 Å². The standard InChI is InChI=1S/C31H58N7O2P/c1-2-34-41(39,40)23-22-37-18-20-38(21-19-37)30-24-29(32)35-31(36-30)33-25-28-16-14-27(15-17-28)13-7-4-3-6-10-26-11-8-5-9-12-26/h24,26-28H,2-23,25H2,1H3,(H2,34,39,40)(H3,32,33,35,36). The molecule has 0 amide bonds. The molecule has 0 spiro atoms. The van der Waals surface area contributed by atoms with E-state index < -0.39 is 7.52 Å². The summed E-state index contributed by atoms with van der Waals surface area (Å²) in [7, 11) is -3.23. The number of unbranched alkanes of at least 4 members (excludes halogenated alkanes) is 3. The number of hydrogen-bond acceptors (Lipinski definition) is 7. The van der Waals surface area contributed by atoms with Gasteiger partial charge in [0.15, 0.2) is 0 Å². The van der Waals surface area contributed by atoms with E-state index in [1.807, 2.05) is 13.0 Å². The van der Waals surface area contributed by atoms with E-state index in [4.69, 9.17) is 10.7 Å². The highest BCUT2D eigenvalue weighted by Crippen LogP contribution is 2.35. The van der Waals surface area contributed by atoms with E-state index in [2.05, 4.69) is 25.2 Å². The maximum Gasteiger partial charge on any atom is 0.268 e. The van der Waals surface area contributed by atoms with Crippen LogP contribution in [0.25, 0.3) is 0 Å². The molecule has 9 nitrogen and oxygen atoms in total. The smallest absolute Gasteiger partial charge is 0.268 e. The van der Waals surface area contributed by atoms with Crippen LogP contribution in [0, 0.1) is 17.8 Å². The zero-order valence-corrected chi connectivity index (χ0v) is 26.6. The van der Waals surface area contributed by atoms with Gasteiger partial charge in [-0.3, -0.25) is 9.46 Å². The Bertz CT molecular complexity index is 929. The quantitative estimate of drug-likeness (QED) is 0.133. The third kappa shape index (κ3) is 11.7. The fourth-order valence-electron chi connectivity index (χ4n) is 7.15. The van der Waals surface area contributed by atoms with Gasteiger partial charge in [-0.1, -0.05) is 90.4 Å². The highest BCUT2D eigenvalue weighted by molar-refractivity contribution is 7.55. The summed E-state index contributed by atoms with van der Waals surface area (Å²) in [4.78, 5) is 23.7. The van der Waals surface area contributed by atoms with Crippen LogP contribution in [-0.2, 0) is 4.57 Å². The Balaban J connectivity index is 1.09. The summed E-state index contributed by atoms with van der Waals surface area (Å²) in [6.45, 7) is 7.20.